The van der Waals surface area contributed by atoms with E-state index in [-0.39, 0.29) is 19.1 Å². The van der Waals surface area contributed by atoms with Gasteiger partial charge < -0.3 is 14.8 Å². The van der Waals surface area contributed by atoms with Crippen LogP contribution >= 0.6 is 0 Å². The first kappa shape index (κ1) is 20.2. The standard InChI is InChI=1S/C26H21NO4/c1-30-25-15-18(12-13-19(25)16-28)7-6-14-27-26(29)31-17-24-22-10-4-2-8-20(22)21-9-3-5-11-23(21)24/h2-5,8-13,15-16,24H,14,17H2,1H3,(H,27,29). The van der Waals surface area contributed by atoms with Crippen molar-refractivity contribution in [3.8, 4) is 28.7 Å². The first-order chi connectivity index (χ1) is 15.2. The quantitative estimate of drug-likeness (QED) is 0.499. The fourth-order valence-corrected chi connectivity index (χ4v) is 3.80. The molecule has 154 valence electrons. The zero-order chi connectivity index (χ0) is 21.6. The molecule has 0 radical (unpaired) electrons. The second kappa shape index (κ2) is 9.19. The maximum absolute atomic E-state index is 12.2. The summed E-state index contributed by atoms with van der Waals surface area (Å²) in [4.78, 5) is 23.1. The average Bonchev–Trinajstić information content (AvgIpc) is 3.14. The summed E-state index contributed by atoms with van der Waals surface area (Å²) in [6.45, 7) is 0.409. The number of benzene rings is 3. The number of hydrogen-bond acceptors (Lipinski definition) is 4. The normalized spacial score (nSPS) is 11.5. The van der Waals surface area contributed by atoms with Crippen LogP contribution in [0.2, 0.25) is 0 Å². The molecule has 0 aliphatic heterocycles. The largest absolute Gasteiger partial charge is 0.496 e. The Balaban J connectivity index is 1.34. The van der Waals surface area contributed by atoms with E-state index in [0.717, 1.165) is 6.29 Å². The van der Waals surface area contributed by atoms with E-state index in [9.17, 15) is 9.59 Å². The van der Waals surface area contributed by atoms with Crippen LogP contribution in [0.15, 0.2) is 66.7 Å². The lowest BCUT2D eigenvalue weighted by molar-refractivity contribution is 0.112. The zero-order valence-corrected chi connectivity index (χ0v) is 17.1. The van der Waals surface area contributed by atoms with Crippen LogP contribution in [0.1, 0.15) is 33.0 Å². The summed E-state index contributed by atoms with van der Waals surface area (Å²) < 4.78 is 10.6. The predicted molar refractivity (Wildman–Crippen MR) is 118 cm³/mol. The number of hydrogen-bond donors (Lipinski definition) is 1. The highest BCUT2D eigenvalue weighted by atomic mass is 16.5. The van der Waals surface area contributed by atoms with Gasteiger partial charge in [0.05, 0.1) is 19.2 Å². The molecule has 0 saturated heterocycles. The van der Waals surface area contributed by atoms with E-state index in [2.05, 4.69) is 41.4 Å². The molecule has 0 bridgehead atoms. The summed E-state index contributed by atoms with van der Waals surface area (Å²) in [6.07, 6.45) is 0.222. The SMILES string of the molecule is COc1cc(C#CCNC(=O)OCC2c3ccccc3-c3ccccc32)ccc1C=O. The Morgan fingerprint density at radius 3 is 2.35 bits per heavy atom. The summed E-state index contributed by atoms with van der Waals surface area (Å²) in [5, 5.41) is 2.65. The molecule has 4 rings (SSSR count). The van der Waals surface area contributed by atoms with Crippen LogP contribution in [0, 0.1) is 11.8 Å². The number of fused-ring (bicyclic) bond motifs is 3. The minimum absolute atomic E-state index is 0.0213. The minimum atomic E-state index is -0.509. The number of rotatable bonds is 5. The molecule has 1 aliphatic carbocycles. The van der Waals surface area contributed by atoms with E-state index in [4.69, 9.17) is 9.47 Å². The number of aldehydes is 1. The number of methoxy groups -OCH3 is 1. The second-order valence-electron chi connectivity index (χ2n) is 7.06. The molecule has 3 aromatic rings. The summed E-state index contributed by atoms with van der Waals surface area (Å²) in [6, 6.07) is 21.5. The van der Waals surface area contributed by atoms with E-state index >= 15 is 0 Å². The Hall–Kier alpha value is -4.04. The molecule has 1 aliphatic rings. The second-order valence-corrected chi connectivity index (χ2v) is 7.06. The molecule has 31 heavy (non-hydrogen) atoms. The van der Waals surface area contributed by atoms with Gasteiger partial charge in [0.15, 0.2) is 6.29 Å². The van der Waals surface area contributed by atoms with Crippen LogP contribution in [-0.2, 0) is 4.74 Å². The lowest BCUT2D eigenvalue weighted by Crippen LogP contribution is -2.26. The Morgan fingerprint density at radius 2 is 1.71 bits per heavy atom. The molecule has 0 saturated carbocycles. The minimum Gasteiger partial charge on any atom is -0.496 e. The Labute approximate surface area is 181 Å². The fraction of sp³-hybridized carbons (Fsp3) is 0.154. The number of alkyl carbamates (subject to hydrolysis) is 1. The van der Waals surface area contributed by atoms with Crippen molar-refractivity contribution < 1.29 is 19.1 Å². The van der Waals surface area contributed by atoms with E-state index in [0.29, 0.717) is 16.9 Å². The smallest absolute Gasteiger partial charge is 0.407 e. The number of amides is 1. The van der Waals surface area contributed by atoms with Crippen molar-refractivity contribution >= 4 is 12.4 Å². The van der Waals surface area contributed by atoms with Gasteiger partial charge >= 0.3 is 6.09 Å². The van der Waals surface area contributed by atoms with Crippen LogP contribution < -0.4 is 10.1 Å². The molecule has 0 spiro atoms. The number of ether oxygens (including phenoxy) is 2. The van der Waals surface area contributed by atoms with E-state index in [1.54, 1.807) is 18.2 Å². The zero-order valence-electron chi connectivity index (χ0n) is 17.1. The molecule has 5 heteroatoms. The van der Waals surface area contributed by atoms with E-state index < -0.39 is 6.09 Å². The number of carbonyl (C=O) groups is 2. The van der Waals surface area contributed by atoms with Gasteiger partial charge in [0.25, 0.3) is 0 Å². The van der Waals surface area contributed by atoms with Crippen molar-refractivity contribution in [2.24, 2.45) is 0 Å². The molecule has 0 fully saturated rings. The molecule has 0 atom stereocenters. The summed E-state index contributed by atoms with van der Waals surface area (Å²) in [5.74, 6) is 6.29. The third kappa shape index (κ3) is 4.29. The van der Waals surface area contributed by atoms with Crippen molar-refractivity contribution in [2.45, 2.75) is 5.92 Å². The lowest BCUT2D eigenvalue weighted by Gasteiger charge is -2.14. The molecule has 1 amide bonds. The Kier molecular flexibility index (Phi) is 6.00. The van der Waals surface area contributed by atoms with Gasteiger partial charge in [-0.15, -0.1) is 0 Å². The molecule has 5 nitrogen and oxygen atoms in total. The van der Waals surface area contributed by atoms with E-state index in [1.807, 2.05) is 24.3 Å². The van der Waals surface area contributed by atoms with E-state index in [1.165, 1.54) is 29.4 Å². The molecular formula is C26H21NO4. The van der Waals surface area contributed by atoms with Gasteiger partial charge in [-0.05, 0) is 40.5 Å². The van der Waals surface area contributed by atoms with Gasteiger partial charge in [-0.2, -0.15) is 0 Å². The first-order valence-electron chi connectivity index (χ1n) is 9.92. The van der Waals surface area contributed by atoms with Crippen molar-refractivity contribution in [1.82, 2.24) is 5.32 Å². The van der Waals surface area contributed by atoms with Crippen LogP contribution in [0.25, 0.3) is 11.1 Å². The summed E-state index contributed by atoms with van der Waals surface area (Å²) in [7, 11) is 1.50. The van der Waals surface area contributed by atoms with Crippen molar-refractivity contribution in [1.29, 1.82) is 0 Å². The highest BCUT2D eigenvalue weighted by Crippen LogP contribution is 2.44. The molecule has 0 heterocycles. The molecule has 3 aromatic carbocycles. The molecular weight excluding hydrogens is 390 g/mol. The lowest BCUT2D eigenvalue weighted by atomic mass is 9.98. The highest BCUT2D eigenvalue weighted by molar-refractivity contribution is 5.80. The van der Waals surface area contributed by atoms with Crippen LogP contribution in [-0.4, -0.2) is 32.6 Å². The Bertz CT molecular complexity index is 1140. The molecule has 0 unspecified atom stereocenters. The highest BCUT2D eigenvalue weighted by Gasteiger charge is 2.28. The maximum atomic E-state index is 12.2. The van der Waals surface area contributed by atoms with Crippen molar-refractivity contribution in [3.63, 3.8) is 0 Å². The van der Waals surface area contributed by atoms with Crippen molar-refractivity contribution in [2.75, 3.05) is 20.3 Å². The monoisotopic (exact) mass is 411 g/mol. The Morgan fingerprint density at radius 1 is 1.03 bits per heavy atom. The van der Waals surface area contributed by atoms with Gasteiger partial charge in [-0.1, -0.05) is 60.4 Å². The fourth-order valence-electron chi connectivity index (χ4n) is 3.80. The molecule has 1 N–H and O–H groups in total. The van der Waals surface area contributed by atoms with Gasteiger partial charge in [-0.25, -0.2) is 4.79 Å². The third-order valence-corrected chi connectivity index (χ3v) is 5.26. The third-order valence-electron chi connectivity index (χ3n) is 5.26. The van der Waals surface area contributed by atoms with Gasteiger partial charge in [0.1, 0.15) is 12.4 Å². The van der Waals surface area contributed by atoms with Crippen molar-refractivity contribution in [3.05, 3.63) is 89.0 Å². The first-order valence-corrected chi connectivity index (χ1v) is 9.92. The summed E-state index contributed by atoms with van der Waals surface area (Å²) >= 11 is 0. The predicted octanol–water partition coefficient (Wildman–Crippen LogP) is 4.40. The number of carbonyl (C=O) groups excluding carboxylic acids is 2. The maximum Gasteiger partial charge on any atom is 0.407 e. The van der Waals surface area contributed by atoms with Crippen LogP contribution in [0.4, 0.5) is 4.79 Å². The number of nitrogens with one attached hydrogen (secondary N) is 1. The summed E-state index contributed by atoms with van der Waals surface area (Å²) in [5.41, 5.74) is 5.87. The van der Waals surface area contributed by atoms with Gasteiger partial charge in [-0.3, -0.25) is 4.79 Å². The molecule has 0 aromatic heterocycles. The van der Waals surface area contributed by atoms with Crippen LogP contribution in [0.5, 0.6) is 5.75 Å². The van der Waals surface area contributed by atoms with Gasteiger partial charge in [0, 0.05) is 11.5 Å². The topological polar surface area (TPSA) is 64.6 Å². The van der Waals surface area contributed by atoms with Gasteiger partial charge in [0.2, 0.25) is 0 Å². The van der Waals surface area contributed by atoms with Crippen LogP contribution in [0.3, 0.4) is 0 Å². The average molecular weight is 411 g/mol.